The molecule has 0 saturated carbocycles. The number of aromatic nitrogens is 1. The van der Waals surface area contributed by atoms with Crippen molar-refractivity contribution in [3.8, 4) is 5.75 Å². The van der Waals surface area contributed by atoms with Crippen LogP contribution in [0.1, 0.15) is 12.5 Å². The van der Waals surface area contributed by atoms with Crippen molar-refractivity contribution in [1.82, 2.24) is 4.98 Å². The summed E-state index contributed by atoms with van der Waals surface area (Å²) in [7, 11) is 0. The number of thiazole rings is 1. The fraction of sp³-hybridized carbons (Fsp3) is 0.231. The van der Waals surface area contributed by atoms with Crippen LogP contribution >= 0.6 is 27.3 Å². The summed E-state index contributed by atoms with van der Waals surface area (Å²) in [4.78, 5) is 18.2. The van der Waals surface area contributed by atoms with E-state index in [1.807, 2.05) is 23.6 Å². The number of anilines is 1. The Labute approximate surface area is 123 Å². The van der Waals surface area contributed by atoms with Gasteiger partial charge in [0.25, 0.3) is 5.91 Å². The fourth-order valence-electron chi connectivity index (χ4n) is 2.01. The van der Waals surface area contributed by atoms with Crippen molar-refractivity contribution in [3.63, 3.8) is 0 Å². The highest BCUT2D eigenvalue weighted by Crippen LogP contribution is 2.31. The van der Waals surface area contributed by atoms with Crippen LogP contribution in [-0.2, 0) is 11.3 Å². The molecule has 2 heterocycles. The van der Waals surface area contributed by atoms with E-state index in [0.29, 0.717) is 11.7 Å². The van der Waals surface area contributed by atoms with Gasteiger partial charge in [-0.05, 0) is 25.1 Å². The molecule has 1 unspecified atom stereocenters. The van der Waals surface area contributed by atoms with E-state index in [2.05, 4.69) is 20.9 Å². The first-order valence-corrected chi connectivity index (χ1v) is 7.48. The minimum atomic E-state index is -0.508. The Hall–Kier alpha value is -1.40. The number of rotatable bonds is 1. The number of fused-ring (bicyclic) bond motifs is 1. The summed E-state index contributed by atoms with van der Waals surface area (Å²) in [6.45, 7) is 2.24. The van der Waals surface area contributed by atoms with Gasteiger partial charge in [0.1, 0.15) is 5.75 Å². The Kier molecular flexibility index (Phi) is 3.28. The second-order valence-corrected chi connectivity index (χ2v) is 6.04. The lowest BCUT2D eigenvalue weighted by Gasteiger charge is -2.18. The number of hydrogen-bond donors (Lipinski definition) is 0. The molecule has 3 rings (SSSR count). The van der Waals surface area contributed by atoms with Gasteiger partial charge in [0, 0.05) is 21.6 Å². The number of benzene rings is 1. The molecule has 1 amide bonds. The molecule has 1 aromatic carbocycles. The SMILES string of the molecule is CC1Oc2ccc(Br)cc2CN(c2nccs2)C1=O. The predicted molar refractivity (Wildman–Crippen MR) is 77.5 cm³/mol. The van der Waals surface area contributed by atoms with Crippen molar-refractivity contribution in [2.75, 3.05) is 4.90 Å². The van der Waals surface area contributed by atoms with Crippen LogP contribution in [0.2, 0.25) is 0 Å². The lowest BCUT2D eigenvalue weighted by molar-refractivity contribution is -0.124. The zero-order valence-electron chi connectivity index (χ0n) is 10.2. The van der Waals surface area contributed by atoms with Gasteiger partial charge < -0.3 is 4.74 Å². The fourth-order valence-corrected chi connectivity index (χ4v) is 3.06. The van der Waals surface area contributed by atoms with Crippen molar-refractivity contribution < 1.29 is 9.53 Å². The minimum absolute atomic E-state index is 0.0673. The highest BCUT2D eigenvalue weighted by atomic mass is 79.9. The molecule has 0 radical (unpaired) electrons. The zero-order chi connectivity index (χ0) is 13.4. The van der Waals surface area contributed by atoms with Crippen molar-refractivity contribution >= 4 is 38.3 Å². The van der Waals surface area contributed by atoms with Crippen LogP contribution in [0.5, 0.6) is 5.75 Å². The first kappa shape index (κ1) is 12.6. The molecular formula is C13H11BrN2O2S. The molecule has 1 aliphatic heterocycles. The standard InChI is InChI=1S/C13H11BrN2O2S/c1-8-12(17)16(13-15-4-5-19-13)7-9-6-10(14)2-3-11(9)18-8/h2-6,8H,7H2,1H3. The van der Waals surface area contributed by atoms with Gasteiger partial charge in [-0.15, -0.1) is 11.3 Å². The Bertz CT molecular complexity index is 615. The van der Waals surface area contributed by atoms with E-state index in [9.17, 15) is 4.79 Å². The normalized spacial score (nSPS) is 18.7. The molecule has 4 nitrogen and oxygen atoms in total. The summed E-state index contributed by atoms with van der Waals surface area (Å²) < 4.78 is 6.69. The molecule has 98 valence electrons. The third-order valence-corrected chi connectivity index (χ3v) is 4.21. The van der Waals surface area contributed by atoms with Crippen LogP contribution in [0.3, 0.4) is 0 Å². The van der Waals surface area contributed by atoms with Gasteiger partial charge in [0.15, 0.2) is 11.2 Å². The summed E-state index contributed by atoms with van der Waals surface area (Å²) in [5.41, 5.74) is 0.974. The van der Waals surface area contributed by atoms with Crippen molar-refractivity contribution in [3.05, 3.63) is 39.8 Å². The number of halogens is 1. The van der Waals surface area contributed by atoms with E-state index in [4.69, 9.17) is 4.74 Å². The van der Waals surface area contributed by atoms with Crippen LogP contribution in [0, 0.1) is 0 Å². The minimum Gasteiger partial charge on any atom is -0.481 e. The maximum absolute atomic E-state index is 12.4. The quantitative estimate of drug-likeness (QED) is 0.801. The van der Waals surface area contributed by atoms with Crippen molar-refractivity contribution in [1.29, 1.82) is 0 Å². The van der Waals surface area contributed by atoms with Crippen LogP contribution in [0.15, 0.2) is 34.2 Å². The molecule has 0 saturated heterocycles. The molecule has 0 fully saturated rings. The average molecular weight is 339 g/mol. The van der Waals surface area contributed by atoms with Crippen LogP contribution in [-0.4, -0.2) is 17.0 Å². The molecule has 1 atom stereocenters. The summed E-state index contributed by atoms with van der Waals surface area (Å²) in [6, 6.07) is 5.77. The molecule has 1 aromatic heterocycles. The number of carbonyl (C=O) groups is 1. The number of ether oxygens (including phenoxy) is 1. The third-order valence-electron chi connectivity index (χ3n) is 2.92. The van der Waals surface area contributed by atoms with Crippen molar-refractivity contribution in [2.45, 2.75) is 19.6 Å². The largest absolute Gasteiger partial charge is 0.481 e. The number of hydrogen-bond acceptors (Lipinski definition) is 4. The Balaban J connectivity index is 2.05. The number of carbonyl (C=O) groups excluding carboxylic acids is 1. The molecule has 6 heteroatoms. The summed E-state index contributed by atoms with van der Waals surface area (Å²) >= 11 is 4.89. The lowest BCUT2D eigenvalue weighted by atomic mass is 10.2. The summed E-state index contributed by atoms with van der Waals surface area (Å²) in [5.74, 6) is 0.686. The molecule has 2 aromatic rings. The number of amides is 1. The van der Waals surface area contributed by atoms with E-state index >= 15 is 0 Å². The number of nitrogens with zero attached hydrogens (tertiary/aromatic N) is 2. The molecule has 0 aliphatic carbocycles. The third kappa shape index (κ3) is 2.37. The van der Waals surface area contributed by atoms with Gasteiger partial charge in [-0.1, -0.05) is 15.9 Å². The summed E-state index contributed by atoms with van der Waals surface area (Å²) in [6.07, 6.45) is 1.19. The molecule has 19 heavy (non-hydrogen) atoms. The van der Waals surface area contributed by atoms with Gasteiger partial charge in [0.2, 0.25) is 0 Å². The van der Waals surface area contributed by atoms with Gasteiger partial charge in [-0.25, -0.2) is 4.98 Å². The average Bonchev–Trinajstić information content (AvgIpc) is 2.88. The maximum Gasteiger partial charge on any atom is 0.269 e. The van der Waals surface area contributed by atoms with Gasteiger partial charge in [0.05, 0.1) is 6.54 Å². The Morgan fingerprint density at radius 1 is 1.53 bits per heavy atom. The van der Waals surface area contributed by atoms with Gasteiger partial charge in [-0.2, -0.15) is 0 Å². The topological polar surface area (TPSA) is 42.4 Å². The molecular weight excluding hydrogens is 328 g/mol. The smallest absolute Gasteiger partial charge is 0.269 e. The zero-order valence-corrected chi connectivity index (χ0v) is 12.6. The molecule has 1 aliphatic rings. The van der Waals surface area contributed by atoms with E-state index in [0.717, 1.165) is 15.8 Å². The highest BCUT2D eigenvalue weighted by Gasteiger charge is 2.30. The summed E-state index contributed by atoms with van der Waals surface area (Å²) in [5, 5.41) is 2.56. The first-order chi connectivity index (χ1) is 9.15. The van der Waals surface area contributed by atoms with Gasteiger partial charge in [-0.3, -0.25) is 9.69 Å². The van der Waals surface area contributed by atoms with E-state index < -0.39 is 6.10 Å². The van der Waals surface area contributed by atoms with E-state index in [1.54, 1.807) is 18.0 Å². The Morgan fingerprint density at radius 2 is 2.37 bits per heavy atom. The Morgan fingerprint density at radius 3 is 3.11 bits per heavy atom. The van der Waals surface area contributed by atoms with Crippen LogP contribution < -0.4 is 9.64 Å². The van der Waals surface area contributed by atoms with Crippen LogP contribution in [0.4, 0.5) is 5.13 Å². The lowest BCUT2D eigenvalue weighted by Crippen LogP contribution is -2.37. The monoisotopic (exact) mass is 338 g/mol. The maximum atomic E-state index is 12.4. The first-order valence-electron chi connectivity index (χ1n) is 5.81. The van der Waals surface area contributed by atoms with Crippen LogP contribution in [0.25, 0.3) is 0 Å². The van der Waals surface area contributed by atoms with E-state index in [-0.39, 0.29) is 5.91 Å². The molecule has 0 bridgehead atoms. The molecule has 0 N–H and O–H groups in total. The van der Waals surface area contributed by atoms with Gasteiger partial charge >= 0.3 is 0 Å². The highest BCUT2D eigenvalue weighted by molar-refractivity contribution is 9.10. The predicted octanol–water partition coefficient (Wildman–Crippen LogP) is 3.22. The molecule has 0 spiro atoms. The van der Waals surface area contributed by atoms with E-state index in [1.165, 1.54) is 11.3 Å². The second kappa shape index (κ2) is 4.94. The van der Waals surface area contributed by atoms with Crippen molar-refractivity contribution in [2.24, 2.45) is 0 Å². The second-order valence-electron chi connectivity index (χ2n) is 4.25.